The van der Waals surface area contributed by atoms with Gasteiger partial charge >= 0.3 is 0 Å². The van der Waals surface area contributed by atoms with Crippen LogP contribution < -0.4 is 5.32 Å². The van der Waals surface area contributed by atoms with Gasteiger partial charge in [-0.1, -0.05) is 12.1 Å². The molecule has 1 N–H and O–H groups in total. The average molecular weight is 430 g/mol. The lowest BCUT2D eigenvalue weighted by Crippen LogP contribution is -2.51. The van der Waals surface area contributed by atoms with Crippen molar-refractivity contribution in [1.82, 2.24) is 0 Å². The Morgan fingerprint density at radius 3 is 1.83 bits per heavy atom. The molecule has 30 heavy (non-hydrogen) atoms. The molecule has 0 saturated carbocycles. The number of halogens is 1. The number of amides is 1. The van der Waals surface area contributed by atoms with Crippen LogP contribution in [0.1, 0.15) is 26.3 Å². The molecule has 2 aromatic carbocycles. The van der Waals surface area contributed by atoms with Gasteiger partial charge in [0.1, 0.15) is 12.4 Å². The number of likely N-dealkylation sites (N-methyl/N-ethyl adjacent to an activating group) is 1. The summed E-state index contributed by atoms with van der Waals surface area (Å²) in [5, 5.41) is 11.1. The third-order valence-corrected chi connectivity index (χ3v) is 5.66. The molecule has 0 atom stereocenters. The minimum absolute atomic E-state index is 0.0845. The van der Waals surface area contributed by atoms with Crippen molar-refractivity contribution >= 4 is 40.4 Å². The molecule has 0 radical (unpaired) electrons. The zero-order valence-corrected chi connectivity index (χ0v) is 18.7. The van der Waals surface area contributed by atoms with E-state index in [0.29, 0.717) is 30.0 Å². The number of quaternary nitrogens is 1. The van der Waals surface area contributed by atoms with E-state index in [1.165, 1.54) is 0 Å². The van der Waals surface area contributed by atoms with Crippen LogP contribution in [0.25, 0.3) is 0 Å². The molecule has 0 aliphatic heterocycles. The fraction of sp³-hybridized carbons (Fsp3) is 0.391. The van der Waals surface area contributed by atoms with Crippen molar-refractivity contribution in [2.24, 2.45) is 10.2 Å². The summed E-state index contributed by atoms with van der Waals surface area (Å²) in [5.41, 5.74) is 3.03. The number of anilines is 1. The van der Waals surface area contributed by atoms with Crippen LogP contribution in [0.15, 0.2) is 58.8 Å². The van der Waals surface area contributed by atoms with Crippen molar-refractivity contribution in [3.63, 3.8) is 0 Å². The van der Waals surface area contributed by atoms with Gasteiger partial charge in [0.15, 0.2) is 5.78 Å². The highest BCUT2D eigenvalue weighted by Crippen LogP contribution is 2.21. The molecule has 2 rings (SSSR count). The number of nitrogens with one attached hydrogen (secondary N) is 1. The number of azo groups is 1. The van der Waals surface area contributed by atoms with E-state index in [0.717, 1.165) is 29.7 Å². The number of rotatable bonds is 11. The minimum atomic E-state index is -0.256. The molecular formula is C23H30ClN4O2+. The van der Waals surface area contributed by atoms with E-state index >= 15 is 0 Å². The zero-order chi connectivity index (χ0) is 22.0. The monoisotopic (exact) mass is 429 g/mol. The molecule has 0 heterocycles. The molecule has 0 aliphatic carbocycles. The van der Waals surface area contributed by atoms with Crippen molar-refractivity contribution in [3.8, 4) is 0 Å². The molecule has 0 spiro atoms. The average Bonchev–Trinajstić information content (AvgIpc) is 2.78. The Morgan fingerprint density at radius 1 is 0.867 bits per heavy atom. The first-order valence-corrected chi connectivity index (χ1v) is 10.8. The molecule has 160 valence electrons. The third kappa shape index (κ3) is 7.04. The molecule has 6 nitrogen and oxygen atoms in total. The number of Topliss-reactive ketones (excluding diaryl/α,β-unsaturated/α-hetero) is 1. The highest BCUT2D eigenvalue weighted by atomic mass is 35.5. The van der Waals surface area contributed by atoms with Crippen molar-refractivity contribution in [2.45, 2.75) is 27.2 Å². The Kier molecular flexibility index (Phi) is 9.15. The zero-order valence-electron chi connectivity index (χ0n) is 17.9. The highest BCUT2D eigenvalue weighted by Gasteiger charge is 2.24. The van der Waals surface area contributed by atoms with Crippen LogP contribution >= 0.6 is 11.6 Å². The second kappa shape index (κ2) is 11.6. The van der Waals surface area contributed by atoms with Gasteiger partial charge < -0.3 is 9.80 Å². The van der Waals surface area contributed by atoms with Gasteiger partial charge in [-0.2, -0.15) is 10.2 Å². The lowest BCUT2D eigenvalue weighted by molar-refractivity contribution is -0.915. The lowest BCUT2D eigenvalue weighted by atomic mass is 10.1. The van der Waals surface area contributed by atoms with Gasteiger partial charge in [0.05, 0.1) is 31.0 Å². The standard InChI is InChI=1S/C23H29ClN4O2/c1-4-28(5-2,6-3)17-22(29)15-18-7-9-20(10-8-18)26-27-21-13-11-19(12-14-21)25-23(30)16-24/h7-14H,4-6,15-17H2,1-3H3/p+1. The number of hydrogen-bond acceptors (Lipinski definition) is 4. The molecule has 0 aliphatic rings. The number of hydrogen-bond donors (Lipinski definition) is 1. The van der Waals surface area contributed by atoms with Crippen molar-refractivity contribution in [1.29, 1.82) is 0 Å². The maximum atomic E-state index is 12.5. The molecule has 2 aromatic rings. The van der Waals surface area contributed by atoms with E-state index in [-0.39, 0.29) is 17.6 Å². The van der Waals surface area contributed by atoms with Gasteiger partial charge in [0, 0.05) is 12.1 Å². The molecule has 1 amide bonds. The molecule has 0 saturated heterocycles. The predicted molar refractivity (Wildman–Crippen MR) is 122 cm³/mol. The van der Waals surface area contributed by atoms with Gasteiger partial charge in [0.25, 0.3) is 0 Å². The van der Waals surface area contributed by atoms with Gasteiger partial charge in [0.2, 0.25) is 5.91 Å². The lowest BCUT2D eigenvalue weighted by Gasteiger charge is -2.35. The Morgan fingerprint density at radius 2 is 1.37 bits per heavy atom. The van der Waals surface area contributed by atoms with Gasteiger partial charge in [-0.3, -0.25) is 9.59 Å². The molecule has 0 aromatic heterocycles. The summed E-state index contributed by atoms with van der Waals surface area (Å²) >= 11 is 5.47. The predicted octanol–water partition coefficient (Wildman–Crippen LogP) is 5.27. The van der Waals surface area contributed by atoms with E-state index in [1.54, 1.807) is 24.3 Å². The normalized spacial score (nSPS) is 11.6. The Bertz CT molecular complexity index is 852. The summed E-state index contributed by atoms with van der Waals surface area (Å²) in [6.07, 6.45) is 0.437. The van der Waals surface area contributed by atoms with Gasteiger partial charge in [-0.15, -0.1) is 11.6 Å². The first-order chi connectivity index (χ1) is 14.4. The number of alkyl halides is 1. The number of nitrogens with zero attached hydrogens (tertiary/aromatic N) is 3. The van der Waals surface area contributed by atoms with Crippen LogP contribution in [0, 0.1) is 0 Å². The van der Waals surface area contributed by atoms with Crippen LogP contribution in [-0.4, -0.2) is 48.2 Å². The number of carbonyl (C=O) groups excluding carboxylic acids is 2. The van der Waals surface area contributed by atoms with Crippen molar-refractivity contribution < 1.29 is 14.1 Å². The SMILES string of the molecule is CC[N+](CC)(CC)CC(=O)Cc1ccc(N=Nc2ccc(NC(=O)CCl)cc2)cc1. The second-order valence-corrected chi connectivity index (χ2v) is 7.53. The minimum Gasteiger partial charge on any atom is -0.325 e. The molecule has 7 heteroatoms. The topological polar surface area (TPSA) is 70.9 Å². The van der Waals surface area contributed by atoms with Crippen LogP contribution in [0.2, 0.25) is 0 Å². The first-order valence-electron chi connectivity index (χ1n) is 10.3. The molecule has 0 fully saturated rings. The Balaban J connectivity index is 1.94. The summed E-state index contributed by atoms with van der Waals surface area (Å²) in [7, 11) is 0. The summed E-state index contributed by atoms with van der Waals surface area (Å²) < 4.78 is 0.833. The van der Waals surface area contributed by atoms with E-state index < -0.39 is 0 Å². The van der Waals surface area contributed by atoms with Gasteiger partial charge in [-0.25, -0.2) is 0 Å². The van der Waals surface area contributed by atoms with Crippen LogP contribution in [0.5, 0.6) is 0 Å². The van der Waals surface area contributed by atoms with Crippen LogP contribution in [0.4, 0.5) is 17.1 Å². The van der Waals surface area contributed by atoms with E-state index in [2.05, 4.69) is 36.3 Å². The number of carbonyl (C=O) groups is 2. The molecular weight excluding hydrogens is 400 g/mol. The fourth-order valence-electron chi connectivity index (χ4n) is 3.27. The van der Waals surface area contributed by atoms with Crippen LogP contribution in [0.3, 0.4) is 0 Å². The van der Waals surface area contributed by atoms with Crippen molar-refractivity contribution in [2.75, 3.05) is 37.4 Å². The highest BCUT2D eigenvalue weighted by molar-refractivity contribution is 6.29. The largest absolute Gasteiger partial charge is 0.325 e. The van der Waals surface area contributed by atoms with Crippen LogP contribution in [-0.2, 0) is 16.0 Å². The quantitative estimate of drug-likeness (QED) is 0.300. The maximum Gasteiger partial charge on any atom is 0.239 e. The van der Waals surface area contributed by atoms with E-state index in [9.17, 15) is 9.59 Å². The smallest absolute Gasteiger partial charge is 0.239 e. The summed E-state index contributed by atoms with van der Waals surface area (Å²) in [6, 6.07) is 14.6. The number of ketones is 1. The first kappa shape index (κ1) is 23.7. The summed E-state index contributed by atoms with van der Waals surface area (Å²) in [5.74, 6) is -0.0802. The fourth-order valence-corrected chi connectivity index (χ4v) is 3.33. The Hall–Kier alpha value is -2.57. The van der Waals surface area contributed by atoms with Crippen molar-refractivity contribution in [3.05, 3.63) is 54.1 Å². The summed E-state index contributed by atoms with van der Waals surface area (Å²) in [4.78, 5) is 23.8. The third-order valence-electron chi connectivity index (χ3n) is 5.42. The Labute approximate surface area is 183 Å². The van der Waals surface area contributed by atoms with Gasteiger partial charge in [-0.05, 0) is 62.7 Å². The van der Waals surface area contributed by atoms with E-state index in [1.807, 2.05) is 24.3 Å². The second-order valence-electron chi connectivity index (χ2n) is 7.26. The molecule has 0 bridgehead atoms. The summed E-state index contributed by atoms with van der Waals surface area (Å²) in [6.45, 7) is 9.91. The van der Waals surface area contributed by atoms with E-state index in [4.69, 9.17) is 11.6 Å². The molecule has 0 unspecified atom stereocenters. The number of benzene rings is 2. The maximum absolute atomic E-state index is 12.5.